The number of rotatable bonds is 7. The molecule has 0 aliphatic rings. The first kappa shape index (κ1) is 18.8. The van der Waals surface area contributed by atoms with Crippen LogP contribution in [0.1, 0.15) is 32.6 Å². The Morgan fingerprint density at radius 3 is 2.42 bits per heavy atom. The Balaban J connectivity index is 0.00000324. The third-order valence-corrected chi connectivity index (χ3v) is 2.84. The maximum atomic E-state index is 11.9. The number of carbonyl (C=O) groups excluding carboxylic acids is 2. The van der Waals surface area contributed by atoms with Gasteiger partial charge in [-0.25, -0.2) is 0 Å². The summed E-state index contributed by atoms with van der Waals surface area (Å²) in [5.41, 5.74) is 0.765. The van der Waals surface area contributed by atoms with Crippen LogP contribution >= 0.6 is 0 Å². The number of benzene rings is 1. The summed E-state index contributed by atoms with van der Waals surface area (Å²) in [6, 6.07) is 9.24. The number of carbonyl (C=O) groups is 2. The Bertz CT molecular complexity index is 395. The van der Waals surface area contributed by atoms with Crippen LogP contribution in [0.3, 0.4) is 0 Å². The van der Waals surface area contributed by atoms with Gasteiger partial charge in [-0.1, -0.05) is 25.1 Å². The van der Waals surface area contributed by atoms with Crippen molar-refractivity contribution in [3.63, 3.8) is 0 Å². The minimum Gasteiger partial charge on any atom is -0.550 e. The van der Waals surface area contributed by atoms with Crippen LogP contribution in [0, 0.1) is 5.92 Å². The van der Waals surface area contributed by atoms with Crippen molar-refractivity contribution in [2.45, 2.75) is 32.6 Å². The average molecular weight is 287 g/mol. The number of hydrogen-bond acceptors (Lipinski definition) is 3. The molecule has 0 aliphatic heterocycles. The third-order valence-electron chi connectivity index (χ3n) is 2.84. The molecule has 0 spiro atoms. The van der Waals surface area contributed by atoms with Crippen molar-refractivity contribution in [1.82, 2.24) is 0 Å². The fourth-order valence-corrected chi connectivity index (χ4v) is 1.78. The van der Waals surface area contributed by atoms with Gasteiger partial charge in [0.25, 0.3) is 0 Å². The quantitative estimate of drug-likeness (QED) is 0.626. The van der Waals surface area contributed by atoms with Crippen LogP contribution in [0.4, 0.5) is 5.69 Å². The topological polar surface area (TPSA) is 69.2 Å². The van der Waals surface area contributed by atoms with Crippen molar-refractivity contribution >= 4 is 17.6 Å². The molecule has 4 nitrogen and oxygen atoms in total. The molecule has 0 saturated carbocycles. The summed E-state index contributed by atoms with van der Waals surface area (Å²) in [5.74, 6) is -1.26. The zero-order valence-corrected chi connectivity index (χ0v) is 14.6. The van der Waals surface area contributed by atoms with E-state index < -0.39 is 5.97 Å². The van der Waals surface area contributed by atoms with E-state index in [4.69, 9.17) is 0 Å². The van der Waals surface area contributed by atoms with Crippen LogP contribution in [0.25, 0.3) is 0 Å². The fourth-order valence-electron chi connectivity index (χ4n) is 1.78. The largest absolute Gasteiger partial charge is 1.00 e. The molecular weight excluding hydrogens is 269 g/mol. The summed E-state index contributed by atoms with van der Waals surface area (Å²) in [4.78, 5) is 22.3. The SMILES string of the molecule is CCC(CCCC(=O)[O-])C(=O)Nc1ccccc1.[K+]. The predicted octanol–water partition coefficient (Wildman–Crippen LogP) is -1.42. The minimum atomic E-state index is -1.06. The van der Waals surface area contributed by atoms with E-state index in [-0.39, 0.29) is 69.6 Å². The molecule has 98 valence electrons. The molecule has 0 aliphatic carbocycles. The third kappa shape index (κ3) is 7.84. The maximum Gasteiger partial charge on any atom is 1.00 e. The molecule has 1 aromatic carbocycles. The van der Waals surface area contributed by atoms with Crippen molar-refractivity contribution in [2.75, 3.05) is 5.32 Å². The molecular formula is C14H18KNO3. The van der Waals surface area contributed by atoms with Gasteiger partial charge in [-0.2, -0.15) is 0 Å². The number of carboxylic acids is 1. The van der Waals surface area contributed by atoms with Crippen LogP contribution in [-0.4, -0.2) is 11.9 Å². The van der Waals surface area contributed by atoms with E-state index >= 15 is 0 Å². The Morgan fingerprint density at radius 2 is 1.89 bits per heavy atom. The van der Waals surface area contributed by atoms with Crippen LogP contribution in [-0.2, 0) is 9.59 Å². The van der Waals surface area contributed by atoms with E-state index in [9.17, 15) is 14.7 Å². The predicted molar refractivity (Wildman–Crippen MR) is 67.7 cm³/mol. The molecule has 0 saturated heterocycles. The van der Waals surface area contributed by atoms with Gasteiger partial charge in [0, 0.05) is 17.6 Å². The summed E-state index contributed by atoms with van der Waals surface area (Å²) in [6.07, 6.45) is 1.76. The Hall–Kier alpha value is -0.204. The van der Waals surface area contributed by atoms with E-state index in [1.165, 1.54) is 0 Å². The van der Waals surface area contributed by atoms with Crippen molar-refractivity contribution in [2.24, 2.45) is 5.92 Å². The van der Waals surface area contributed by atoms with Gasteiger partial charge in [-0.3, -0.25) is 4.79 Å². The molecule has 1 amide bonds. The average Bonchev–Trinajstić information content (AvgIpc) is 2.35. The van der Waals surface area contributed by atoms with Gasteiger partial charge >= 0.3 is 51.4 Å². The second kappa shape index (κ2) is 10.6. The molecule has 0 fully saturated rings. The number of nitrogens with one attached hydrogen (secondary N) is 1. The first-order valence-electron chi connectivity index (χ1n) is 6.19. The fraction of sp³-hybridized carbons (Fsp3) is 0.429. The zero-order chi connectivity index (χ0) is 13.4. The normalized spacial score (nSPS) is 11.2. The van der Waals surface area contributed by atoms with Crippen LogP contribution in [0.15, 0.2) is 30.3 Å². The van der Waals surface area contributed by atoms with Gasteiger partial charge in [0.05, 0.1) is 0 Å². The molecule has 0 aromatic heterocycles. The number of hydrogen-bond donors (Lipinski definition) is 1. The first-order valence-corrected chi connectivity index (χ1v) is 6.19. The molecule has 1 atom stereocenters. The van der Waals surface area contributed by atoms with Crippen LogP contribution < -0.4 is 61.8 Å². The van der Waals surface area contributed by atoms with Gasteiger partial charge in [0.15, 0.2) is 0 Å². The second-order valence-electron chi connectivity index (χ2n) is 4.22. The summed E-state index contributed by atoms with van der Waals surface area (Å²) in [7, 11) is 0. The van der Waals surface area contributed by atoms with Gasteiger partial charge in [0.2, 0.25) is 5.91 Å². The minimum absolute atomic E-state index is 0. The molecule has 1 aromatic rings. The summed E-state index contributed by atoms with van der Waals surface area (Å²) >= 11 is 0. The second-order valence-corrected chi connectivity index (χ2v) is 4.22. The van der Waals surface area contributed by atoms with E-state index in [0.29, 0.717) is 19.3 Å². The smallest absolute Gasteiger partial charge is 0.550 e. The van der Waals surface area contributed by atoms with Crippen molar-refractivity contribution < 1.29 is 66.1 Å². The Labute approximate surface area is 156 Å². The molecule has 0 bridgehead atoms. The number of aliphatic carboxylic acids is 1. The number of para-hydroxylation sites is 1. The maximum absolute atomic E-state index is 11.9. The molecule has 1 unspecified atom stereocenters. The Kier molecular flexibility index (Phi) is 10.5. The van der Waals surface area contributed by atoms with Gasteiger partial charge < -0.3 is 15.2 Å². The Morgan fingerprint density at radius 1 is 1.26 bits per heavy atom. The molecule has 1 N–H and O–H groups in total. The van der Waals surface area contributed by atoms with E-state index in [1.807, 2.05) is 37.3 Å². The van der Waals surface area contributed by atoms with Crippen molar-refractivity contribution in [1.29, 1.82) is 0 Å². The zero-order valence-electron chi connectivity index (χ0n) is 11.5. The van der Waals surface area contributed by atoms with Crippen LogP contribution in [0.5, 0.6) is 0 Å². The first-order chi connectivity index (χ1) is 8.63. The monoisotopic (exact) mass is 287 g/mol. The van der Waals surface area contributed by atoms with Gasteiger partial charge in [-0.05, 0) is 37.8 Å². The summed E-state index contributed by atoms with van der Waals surface area (Å²) < 4.78 is 0. The van der Waals surface area contributed by atoms with Crippen molar-refractivity contribution in [3.05, 3.63) is 30.3 Å². The van der Waals surface area contributed by atoms with E-state index in [1.54, 1.807) is 0 Å². The standard InChI is InChI=1S/C14H19NO3.K/c1-2-11(7-6-10-13(16)17)14(18)15-12-8-4-3-5-9-12;/h3-5,8-9,11H,2,6-7,10H2,1H3,(H,15,18)(H,16,17);/q;+1/p-1. The summed E-state index contributed by atoms with van der Waals surface area (Å²) in [6.45, 7) is 1.92. The van der Waals surface area contributed by atoms with Crippen LogP contribution in [0.2, 0.25) is 0 Å². The van der Waals surface area contributed by atoms with Crippen molar-refractivity contribution in [3.8, 4) is 0 Å². The molecule has 19 heavy (non-hydrogen) atoms. The molecule has 1 rings (SSSR count). The van der Waals surface area contributed by atoms with E-state index in [2.05, 4.69) is 5.32 Å². The number of anilines is 1. The summed E-state index contributed by atoms with van der Waals surface area (Å²) in [5, 5.41) is 13.1. The van der Waals surface area contributed by atoms with E-state index in [0.717, 1.165) is 5.69 Å². The molecule has 0 radical (unpaired) electrons. The van der Waals surface area contributed by atoms with Gasteiger partial charge in [0.1, 0.15) is 0 Å². The molecule has 5 heteroatoms. The van der Waals surface area contributed by atoms with Gasteiger partial charge in [-0.15, -0.1) is 0 Å². The number of carboxylic acid groups (broad SMARTS) is 1. The number of amides is 1. The molecule has 0 heterocycles.